The summed E-state index contributed by atoms with van der Waals surface area (Å²) in [5.41, 5.74) is 0. The van der Waals surface area contributed by atoms with Gasteiger partial charge in [-0.1, -0.05) is 6.92 Å². The van der Waals surface area contributed by atoms with Crippen molar-refractivity contribution in [1.82, 2.24) is 0 Å². The van der Waals surface area contributed by atoms with Gasteiger partial charge in [-0.05, 0) is 13.3 Å². The smallest absolute Gasteiger partial charge is 0.306 e. The van der Waals surface area contributed by atoms with E-state index in [4.69, 9.17) is 4.74 Å². The molecule has 1 saturated heterocycles. The second-order valence-corrected chi connectivity index (χ2v) is 2.57. The van der Waals surface area contributed by atoms with E-state index in [1.54, 1.807) is 0 Å². The van der Waals surface area contributed by atoms with E-state index in [0.717, 1.165) is 6.42 Å². The first-order valence-corrected chi connectivity index (χ1v) is 3.43. The van der Waals surface area contributed by atoms with Gasteiger partial charge in [0.1, 0.15) is 6.10 Å². The lowest BCUT2D eigenvalue weighted by molar-refractivity contribution is -0.140. The van der Waals surface area contributed by atoms with Crippen LogP contribution in [0.4, 0.5) is 0 Å². The Morgan fingerprint density at radius 2 is 2.44 bits per heavy atom. The summed E-state index contributed by atoms with van der Waals surface area (Å²) in [5.74, 6) is 0.437. The Kier molecular flexibility index (Phi) is 1.74. The fourth-order valence-corrected chi connectivity index (χ4v) is 1.21. The minimum Gasteiger partial charge on any atom is -0.462 e. The highest BCUT2D eigenvalue weighted by Gasteiger charge is 2.29. The summed E-state index contributed by atoms with van der Waals surface area (Å²) in [6.07, 6.45) is 1.83. The predicted molar refractivity (Wildman–Crippen MR) is 34.0 cm³/mol. The summed E-state index contributed by atoms with van der Waals surface area (Å²) in [6, 6.07) is 0. The van der Waals surface area contributed by atoms with Gasteiger partial charge in [-0.15, -0.1) is 0 Å². The number of carbonyl (C=O) groups excluding carboxylic acids is 1. The number of ether oxygens (including phenoxy) is 1. The SMILES string of the molecule is CCC1CC(=O)OC1C. The zero-order valence-electron chi connectivity index (χ0n) is 5.89. The van der Waals surface area contributed by atoms with Crippen molar-refractivity contribution < 1.29 is 9.53 Å². The van der Waals surface area contributed by atoms with Gasteiger partial charge in [-0.2, -0.15) is 0 Å². The van der Waals surface area contributed by atoms with E-state index in [1.807, 2.05) is 6.92 Å². The first-order chi connectivity index (χ1) is 4.24. The summed E-state index contributed by atoms with van der Waals surface area (Å²) < 4.78 is 4.93. The molecular formula is C7H12O2. The molecule has 2 unspecified atom stereocenters. The molecule has 0 radical (unpaired) electrons. The molecule has 0 N–H and O–H groups in total. The first-order valence-electron chi connectivity index (χ1n) is 3.43. The molecule has 0 spiro atoms. The molecule has 0 bridgehead atoms. The van der Waals surface area contributed by atoms with Gasteiger partial charge < -0.3 is 4.74 Å². The van der Waals surface area contributed by atoms with Gasteiger partial charge in [-0.25, -0.2) is 0 Å². The third-order valence-corrected chi connectivity index (χ3v) is 1.93. The lowest BCUT2D eigenvalue weighted by Crippen LogP contribution is -2.09. The van der Waals surface area contributed by atoms with Crippen LogP contribution in [-0.4, -0.2) is 12.1 Å². The molecule has 1 rings (SSSR count). The third-order valence-electron chi connectivity index (χ3n) is 1.93. The minimum absolute atomic E-state index is 0.0330. The van der Waals surface area contributed by atoms with Gasteiger partial charge in [0, 0.05) is 5.92 Å². The summed E-state index contributed by atoms with van der Waals surface area (Å²) in [5, 5.41) is 0. The van der Waals surface area contributed by atoms with E-state index in [0.29, 0.717) is 12.3 Å². The predicted octanol–water partition coefficient (Wildman–Crippen LogP) is 1.35. The Bertz CT molecular complexity index is 120. The molecule has 2 heteroatoms. The maximum Gasteiger partial charge on any atom is 0.306 e. The number of rotatable bonds is 1. The maximum atomic E-state index is 10.6. The van der Waals surface area contributed by atoms with Crippen molar-refractivity contribution >= 4 is 5.97 Å². The van der Waals surface area contributed by atoms with Crippen molar-refractivity contribution in [2.75, 3.05) is 0 Å². The fraction of sp³-hybridized carbons (Fsp3) is 0.857. The molecule has 9 heavy (non-hydrogen) atoms. The van der Waals surface area contributed by atoms with Crippen LogP contribution in [0.2, 0.25) is 0 Å². The van der Waals surface area contributed by atoms with E-state index in [2.05, 4.69) is 6.92 Å². The van der Waals surface area contributed by atoms with Gasteiger partial charge in [0.2, 0.25) is 0 Å². The van der Waals surface area contributed by atoms with Crippen LogP contribution in [0, 0.1) is 5.92 Å². The number of cyclic esters (lactones) is 1. The molecular weight excluding hydrogens is 116 g/mol. The van der Waals surface area contributed by atoms with Crippen molar-refractivity contribution in [1.29, 1.82) is 0 Å². The van der Waals surface area contributed by atoms with Crippen LogP contribution < -0.4 is 0 Å². The highest BCUT2D eigenvalue weighted by atomic mass is 16.5. The molecule has 2 nitrogen and oxygen atoms in total. The maximum absolute atomic E-state index is 10.6. The van der Waals surface area contributed by atoms with Gasteiger partial charge >= 0.3 is 5.97 Å². The van der Waals surface area contributed by atoms with Crippen molar-refractivity contribution in [2.24, 2.45) is 5.92 Å². The van der Waals surface area contributed by atoms with Crippen LogP contribution in [-0.2, 0) is 9.53 Å². The first kappa shape index (κ1) is 6.59. The summed E-state index contributed by atoms with van der Waals surface area (Å²) in [7, 11) is 0. The van der Waals surface area contributed by atoms with Crippen molar-refractivity contribution in [3.05, 3.63) is 0 Å². The molecule has 0 aromatic rings. The average molecular weight is 128 g/mol. The summed E-state index contributed by atoms with van der Waals surface area (Å²) in [4.78, 5) is 10.6. The van der Waals surface area contributed by atoms with Crippen LogP contribution in [0.25, 0.3) is 0 Å². The molecule has 1 aliphatic heterocycles. The quantitative estimate of drug-likeness (QED) is 0.498. The zero-order chi connectivity index (χ0) is 6.85. The molecule has 2 atom stereocenters. The molecule has 1 fully saturated rings. The zero-order valence-corrected chi connectivity index (χ0v) is 5.89. The van der Waals surface area contributed by atoms with E-state index < -0.39 is 0 Å². The highest BCUT2D eigenvalue weighted by molar-refractivity contribution is 5.71. The van der Waals surface area contributed by atoms with Crippen molar-refractivity contribution in [3.8, 4) is 0 Å². The lowest BCUT2D eigenvalue weighted by Gasteiger charge is -2.07. The van der Waals surface area contributed by atoms with E-state index in [9.17, 15) is 4.79 Å². The van der Waals surface area contributed by atoms with Crippen LogP contribution in [0.15, 0.2) is 0 Å². The van der Waals surface area contributed by atoms with Gasteiger partial charge in [0.25, 0.3) is 0 Å². The Labute approximate surface area is 55.2 Å². The molecule has 0 saturated carbocycles. The normalized spacial score (nSPS) is 34.7. The molecule has 0 aliphatic carbocycles. The number of hydrogen-bond donors (Lipinski definition) is 0. The molecule has 0 aromatic heterocycles. The molecule has 0 aromatic carbocycles. The van der Waals surface area contributed by atoms with Crippen LogP contribution in [0.1, 0.15) is 26.7 Å². The molecule has 52 valence electrons. The van der Waals surface area contributed by atoms with E-state index in [1.165, 1.54) is 0 Å². The molecule has 0 amide bonds. The standard InChI is InChI=1S/C7H12O2/c1-3-6-4-7(8)9-5(6)2/h5-6H,3-4H2,1-2H3. The number of carbonyl (C=O) groups is 1. The Hall–Kier alpha value is -0.530. The molecule has 1 aliphatic rings. The van der Waals surface area contributed by atoms with Crippen molar-refractivity contribution in [2.45, 2.75) is 32.8 Å². The van der Waals surface area contributed by atoms with Gasteiger partial charge in [0.05, 0.1) is 6.42 Å². The second-order valence-electron chi connectivity index (χ2n) is 2.57. The van der Waals surface area contributed by atoms with E-state index >= 15 is 0 Å². The second kappa shape index (κ2) is 2.38. The van der Waals surface area contributed by atoms with E-state index in [-0.39, 0.29) is 12.1 Å². The Morgan fingerprint density at radius 1 is 1.78 bits per heavy atom. The summed E-state index contributed by atoms with van der Waals surface area (Å²) in [6.45, 7) is 4.04. The fourth-order valence-electron chi connectivity index (χ4n) is 1.21. The van der Waals surface area contributed by atoms with Crippen LogP contribution in [0.5, 0.6) is 0 Å². The van der Waals surface area contributed by atoms with Crippen molar-refractivity contribution in [3.63, 3.8) is 0 Å². The van der Waals surface area contributed by atoms with Gasteiger partial charge in [-0.3, -0.25) is 4.79 Å². The van der Waals surface area contributed by atoms with Gasteiger partial charge in [0.15, 0.2) is 0 Å². The number of esters is 1. The third kappa shape index (κ3) is 1.23. The molecule has 1 heterocycles. The highest BCUT2D eigenvalue weighted by Crippen LogP contribution is 2.23. The van der Waals surface area contributed by atoms with Crippen LogP contribution >= 0.6 is 0 Å². The monoisotopic (exact) mass is 128 g/mol. The lowest BCUT2D eigenvalue weighted by atomic mass is 10.0. The topological polar surface area (TPSA) is 26.3 Å². The summed E-state index contributed by atoms with van der Waals surface area (Å²) >= 11 is 0. The van der Waals surface area contributed by atoms with Crippen LogP contribution in [0.3, 0.4) is 0 Å². The largest absolute Gasteiger partial charge is 0.462 e. The minimum atomic E-state index is -0.0330. The Morgan fingerprint density at radius 3 is 2.67 bits per heavy atom. The average Bonchev–Trinajstić information content (AvgIpc) is 2.10. The number of hydrogen-bond acceptors (Lipinski definition) is 2. The Balaban J connectivity index is 2.47.